The maximum absolute atomic E-state index is 12.7. The SMILES string of the molecule is O=Cc1ccc(O)c(-c2ccc(F)cc2)c1. The summed E-state index contributed by atoms with van der Waals surface area (Å²) in [4.78, 5) is 10.6. The monoisotopic (exact) mass is 216 g/mol. The fourth-order valence-electron chi connectivity index (χ4n) is 1.49. The molecule has 1 N–H and O–H groups in total. The van der Waals surface area contributed by atoms with Crippen molar-refractivity contribution in [2.75, 3.05) is 0 Å². The summed E-state index contributed by atoms with van der Waals surface area (Å²) in [5, 5.41) is 9.64. The zero-order valence-corrected chi connectivity index (χ0v) is 8.35. The van der Waals surface area contributed by atoms with Crippen molar-refractivity contribution in [3.8, 4) is 16.9 Å². The molecule has 0 bridgehead atoms. The molecule has 2 aromatic carbocycles. The van der Waals surface area contributed by atoms with Crippen molar-refractivity contribution in [1.82, 2.24) is 0 Å². The molecule has 2 nitrogen and oxygen atoms in total. The van der Waals surface area contributed by atoms with Gasteiger partial charge in [-0.15, -0.1) is 0 Å². The van der Waals surface area contributed by atoms with Gasteiger partial charge in [0.15, 0.2) is 0 Å². The molecule has 80 valence electrons. The largest absolute Gasteiger partial charge is 0.507 e. The van der Waals surface area contributed by atoms with Gasteiger partial charge < -0.3 is 5.11 Å². The molecule has 0 amide bonds. The van der Waals surface area contributed by atoms with Crippen LogP contribution in [0.4, 0.5) is 4.39 Å². The van der Waals surface area contributed by atoms with E-state index >= 15 is 0 Å². The van der Waals surface area contributed by atoms with Gasteiger partial charge in [0.1, 0.15) is 17.9 Å². The Morgan fingerprint density at radius 1 is 1.06 bits per heavy atom. The van der Waals surface area contributed by atoms with Crippen molar-refractivity contribution in [2.45, 2.75) is 0 Å². The van der Waals surface area contributed by atoms with Gasteiger partial charge in [0.05, 0.1) is 0 Å². The Hall–Kier alpha value is -2.16. The van der Waals surface area contributed by atoms with Gasteiger partial charge in [-0.3, -0.25) is 4.79 Å². The van der Waals surface area contributed by atoms with Gasteiger partial charge in [0, 0.05) is 11.1 Å². The predicted octanol–water partition coefficient (Wildman–Crippen LogP) is 3.01. The van der Waals surface area contributed by atoms with Crippen LogP contribution in [0.25, 0.3) is 11.1 Å². The Morgan fingerprint density at radius 2 is 1.75 bits per heavy atom. The smallest absolute Gasteiger partial charge is 0.150 e. The summed E-state index contributed by atoms with van der Waals surface area (Å²) in [5.74, 6) is -0.271. The molecule has 0 saturated heterocycles. The molecule has 16 heavy (non-hydrogen) atoms. The number of halogens is 1. The van der Waals surface area contributed by atoms with E-state index in [1.807, 2.05) is 0 Å². The van der Waals surface area contributed by atoms with Crippen LogP contribution in [0.3, 0.4) is 0 Å². The summed E-state index contributed by atoms with van der Waals surface area (Å²) in [6, 6.07) is 10.3. The zero-order chi connectivity index (χ0) is 11.5. The molecule has 0 saturated carbocycles. The van der Waals surface area contributed by atoms with E-state index in [1.165, 1.54) is 24.3 Å². The normalized spacial score (nSPS) is 10.1. The Kier molecular flexibility index (Phi) is 2.68. The molecule has 0 spiro atoms. The van der Waals surface area contributed by atoms with Crippen molar-refractivity contribution in [1.29, 1.82) is 0 Å². The summed E-state index contributed by atoms with van der Waals surface area (Å²) >= 11 is 0. The number of aldehydes is 1. The third-order valence-corrected chi connectivity index (χ3v) is 2.31. The van der Waals surface area contributed by atoms with E-state index in [4.69, 9.17) is 0 Å². The van der Waals surface area contributed by atoms with E-state index in [9.17, 15) is 14.3 Å². The number of hydrogen-bond donors (Lipinski definition) is 1. The highest BCUT2D eigenvalue weighted by atomic mass is 19.1. The molecule has 0 aliphatic rings. The van der Waals surface area contributed by atoms with E-state index in [0.29, 0.717) is 23.0 Å². The number of hydrogen-bond acceptors (Lipinski definition) is 2. The summed E-state index contributed by atoms with van der Waals surface area (Å²) < 4.78 is 12.7. The van der Waals surface area contributed by atoms with Gasteiger partial charge in [0.2, 0.25) is 0 Å². The highest BCUT2D eigenvalue weighted by Gasteiger charge is 2.05. The number of aromatic hydroxyl groups is 1. The molecular weight excluding hydrogens is 207 g/mol. The molecule has 0 fully saturated rings. The number of phenolic OH excluding ortho intramolecular Hbond substituents is 1. The second kappa shape index (κ2) is 4.14. The highest BCUT2D eigenvalue weighted by molar-refractivity contribution is 5.81. The Labute approximate surface area is 92.0 Å². The van der Waals surface area contributed by atoms with Crippen LogP contribution in [0.1, 0.15) is 10.4 Å². The predicted molar refractivity (Wildman–Crippen MR) is 58.9 cm³/mol. The molecule has 0 aliphatic heterocycles. The van der Waals surface area contributed by atoms with Gasteiger partial charge in [-0.1, -0.05) is 12.1 Å². The fraction of sp³-hybridized carbons (Fsp3) is 0. The lowest BCUT2D eigenvalue weighted by molar-refractivity contribution is 0.112. The number of carbonyl (C=O) groups is 1. The molecule has 2 aromatic rings. The summed E-state index contributed by atoms with van der Waals surface area (Å²) in [6.45, 7) is 0. The molecule has 0 radical (unpaired) electrons. The van der Waals surface area contributed by atoms with Crippen LogP contribution in [0.5, 0.6) is 5.75 Å². The second-order valence-corrected chi connectivity index (χ2v) is 3.40. The van der Waals surface area contributed by atoms with Crippen LogP contribution in [-0.4, -0.2) is 11.4 Å². The van der Waals surface area contributed by atoms with E-state index in [1.54, 1.807) is 18.2 Å². The van der Waals surface area contributed by atoms with Crippen molar-refractivity contribution >= 4 is 6.29 Å². The van der Waals surface area contributed by atoms with Crippen LogP contribution in [0, 0.1) is 5.82 Å². The minimum absolute atomic E-state index is 0.0669. The molecule has 0 heterocycles. The molecule has 0 aliphatic carbocycles. The Bertz CT molecular complexity index is 518. The quantitative estimate of drug-likeness (QED) is 0.783. The summed E-state index contributed by atoms with van der Waals surface area (Å²) in [7, 11) is 0. The number of phenols is 1. The molecular formula is C13H9FO2. The number of benzene rings is 2. The molecule has 2 rings (SSSR count). The van der Waals surface area contributed by atoms with E-state index in [-0.39, 0.29) is 11.6 Å². The maximum atomic E-state index is 12.7. The Balaban J connectivity index is 2.54. The highest BCUT2D eigenvalue weighted by Crippen LogP contribution is 2.29. The zero-order valence-electron chi connectivity index (χ0n) is 8.35. The lowest BCUT2D eigenvalue weighted by Crippen LogP contribution is -1.84. The van der Waals surface area contributed by atoms with Crippen LogP contribution in [0.2, 0.25) is 0 Å². The van der Waals surface area contributed by atoms with Gasteiger partial charge >= 0.3 is 0 Å². The van der Waals surface area contributed by atoms with Crippen LogP contribution in [-0.2, 0) is 0 Å². The van der Waals surface area contributed by atoms with Crippen LogP contribution in [0.15, 0.2) is 42.5 Å². The number of rotatable bonds is 2. The average molecular weight is 216 g/mol. The second-order valence-electron chi connectivity index (χ2n) is 3.40. The van der Waals surface area contributed by atoms with Crippen LogP contribution >= 0.6 is 0 Å². The lowest BCUT2D eigenvalue weighted by Gasteiger charge is -2.05. The van der Waals surface area contributed by atoms with E-state index in [0.717, 1.165) is 0 Å². The molecule has 0 aromatic heterocycles. The fourth-order valence-corrected chi connectivity index (χ4v) is 1.49. The van der Waals surface area contributed by atoms with E-state index < -0.39 is 0 Å². The van der Waals surface area contributed by atoms with Crippen molar-refractivity contribution < 1.29 is 14.3 Å². The standard InChI is InChI=1S/C13H9FO2/c14-11-4-2-10(3-5-11)12-7-9(8-15)1-6-13(12)16/h1-8,16H. The summed E-state index contributed by atoms with van der Waals surface area (Å²) in [5.41, 5.74) is 1.66. The minimum Gasteiger partial charge on any atom is -0.507 e. The van der Waals surface area contributed by atoms with Gasteiger partial charge in [0.25, 0.3) is 0 Å². The van der Waals surface area contributed by atoms with E-state index in [2.05, 4.69) is 0 Å². The third-order valence-electron chi connectivity index (χ3n) is 2.31. The number of carbonyl (C=O) groups excluding carboxylic acids is 1. The first-order valence-corrected chi connectivity index (χ1v) is 4.75. The average Bonchev–Trinajstić information content (AvgIpc) is 2.31. The van der Waals surface area contributed by atoms with Gasteiger partial charge in [-0.2, -0.15) is 0 Å². The first-order valence-electron chi connectivity index (χ1n) is 4.75. The topological polar surface area (TPSA) is 37.3 Å². The molecule has 0 atom stereocenters. The minimum atomic E-state index is -0.338. The molecule has 3 heteroatoms. The molecule has 0 unspecified atom stereocenters. The van der Waals surface area contributed by atoms with Crippen molar-refractivity contribution in [2.24, 2.45) is 0 Å². The van der Waals surface area contributed by atoms with Gasteiger partial charge in [-0.05, 0) is 35.9 Å². The van der Waals surface area contributed by atoms with Crippen LogP contribution < -0.4 is 0 Å². The first-order chi connectivity index (χ1) is 7.70. The third kappa shape index (κ3) is 1.93. The summed E-state index contributed by atoms with van der Waals surface area (Å²) in [6.07, 6.45) is 0.701. The Morgan fingerprint density at radius 3 is 2.38 bits per heavy atom. The van der Waals surface area contributed by atoms with Crippen molar-refractivity contribution in [3.63, 3.8) is 0 Å². The van der Waals surface area contributed by atoms with Gasteiger partial charge in [-0.25, -0.2) is 4.39 Å². The van der Waals surface area contributed by atoms with Crippen molar-refractivity contribution in [3.05, 3.63) is 53.8 Å². The maximum Gasteiger partial charge on any atom is 0.150 e. The first kappa shape index (κ1) is 10.4. The lowest BCUT2D eigenvalue weighted by atomic mass is 10.0.